The highest BCUT2D eigenvalue weighted by atomic mass is 19.1. The standard InChI is InChI=1S/C27H27FN2O2/c1-18-7-11-21(12-8-18)24-16-30(27(32)23-6-4-3-5-19(23)2)17-25(24)26(31)29-15-20-9-13-22(28)14-10-20/h3-14,24-25H,15-17H2,1-2H3,(H,29,31)/t24-,25-/m0/s1. The van der Waals surface area contributed by atoms with Crippen molar-refractivity contribution in [3.63, 3.8) is 0 Å². The molecule has 1 saturated heterocycles. The van der Waals surface area contributed by atoms with Crippen LogP contribution in [-0.2, 0) is 11.3 Å². The van der Waals surface area contributed by atoms with Crippen molar-refractivity contribution in [2.24, 2.45) is 5.92 Å². The zero-order valence-corrected chi connectivity index (χ0v) is 18.3. The first-order chi connectivity index (χ1) is 15.4. The van der Waals surface area contributed by atoms with Gasteiger partial charge >= 0.3 is 0 Å². The Labute approximate surface area is 188 Å². The number of halogens is 1. The summed E-state index contributed by atoms with van der Waals surface area (Å²) in [4.78, 5) is 28.2. The molecule has 3 aromatic rings. The SMILES string of the molecule is Cc1ccc([C@@H]2CN(C(=O)c3ccccc3C)C[C@@H]2C(=O)NCc2ccc(F)cc2)cc1. The van der Waals surface area contributed by atoms with Crippen LogP contribution >= 0.6 is 0 Å². The van der Waals surface area contributed by atoms with E-state index in [0.29, 0.717) is 25.2 Å². The molecule has 1 aliphatic rings. The molecule has 4 rings (SSSR count). The number of benzene rings is 3. The lowest BCUT2D eigenvalue weighted by Crippen LogP contribution is -2.35. The third-order valence-electron chi connectivity index (χ3n) is 6.20. The van der Waals surface area contributed by atoms with Crippen LogP contribution in [0.4, 0.5) is 4.39 Å². The molecule has 2 amide bonds. The van der Waals surface area contributed by atoms with E-state index in [0.717, 1.165) is 22.3 Å². The molecule has 1 N–H and O–H groups in total. The highest BCUT2D eigenvalue weighted by molar-refractivity contribution is 5.96. The summed E-state index contributed by atoms with van der Waals surface area (Å²) in [5.74, 6) is -0.891. The van der Waals surface area contributed by atoms with Crippen LogP contribution in [0, 0.1) is 25.6 Å². The first kappa shape index (κ1) is 21.8. The maximum atomic E-state index is 13.2. The van der Waals surface area contributed by atoms with Gasteiger partial charge in [0.05, 0.1) is 5.92 Å². The fourth-order valence-electron chi connectivity index (χ4n) is 4.29. The van der Waals surface area contributed by atoms with E-state index in [1.54, 1.807) is 17.0 Å². The van der Waals surface area contributed by atoms with E-state index < -0.39 is 0 Å². The molecule has 0 aromatic heterocycles. The van der Waals surface area contributed by atoms with Gasteiger partial charge in [-0.05, 0) is 48.7 Å². The van der Waals surface area contributed by atoms with Gasteiger partial charge in [-0.2, -0.15) is 0 Å². The lowest BCUT2D eigenvalue weighted by molar-refractivity contribution is -0.125. The van der Waals surface area contributed by atoms with Crippen LogP contribution < -0.4 is 5.32 Å². The number of hydrogen-bond donors (Lipinski definition) is 1. The van der Waals surface area contributed by atoms with Crippen LogP contribution in [-0.4, -0.2) is 29.8 Å². The summed E-state index contributed by atoms with van der Waals surface area (Å²) in [6.45, 7) is 5.13. The number of hydrogen-bond acceptors (Lipinski definition) is 2. The van der Waals surface area contributed by atoms with Gasteiger partial charge in [0.2, 0.25) is 5.91 Å². The maximum absolute atomic E-state index is 13.2. The monoisotopic (exact) mass is 430 g/mol. The average molecular weight is 431 g/mol. The third kappa shape index (κ3) is 4.72. The highest BCUT2D eigenvalue weighted by Gasteiger charge is 2.40. The minimum absolute atomic E-state index is 0.0472. The molecule has 3 aromatic carbocycles. The van der Waals surface area contributed by atoms with Gasteiger partial charge in [-0.15, -0.1) is 0 Å². The Balaban J connectivity index is 1.55. The van der Waals surface area contributed by atoms with E-state index in [4.69, 9.17) is 0 Å². The quantitative estimate of drug-likeness (QED) is 0.642. The summed E-state index contributed by atoms with van der Waals surface area (Å²) in [5, 5.41) is 2.98. The smallest absolute Gasteiger partial charge is 0.254 e. The average Bonchev–Trinajstić information content (AvgIpc) is 3.24. The van der Waals surface area contributed by atoms with E-state index in [2.05, 4.69) is 5.32 Å². The van der Waals surface area contributed by atoms with Crippen molar-refractivity contribution in [3.8, 4) is 0 Å². The summed E-state index contributed by atoms with van der Waals surface area (Å²) in [6, 6.07) is 21.8. The molecule has 5 heteroatoms. The highest BCUT2D eigenvalue weighted by Crippen LogP contribution is 2.34. The van der Waals surface area contributed by atoms with Gasteiger partial charge in [0.25, 0.3) is 5.91 Å². The van der Waals surface area contributed by atoms with Crippen molar-refractivity contribution < 1.29 is 14.0 Å². The predicted octanol–water partition coefficient (Wildman–Crippen LogP) is 4.61. The molecule has 1 aliphatic heterocycles. The number of carbonyl (C=O) groups is 2. The molecule has 32 heavy (non-hydrogen) atoms. The Hall–Kier alpha value is -3.47. The fraction of sp³-hybridized carbons (Fsp3) is 0.259. The van der Waals surface area contributed by atoms with E-state index in [1.165, 1.54) is 12.1 Å². The molecular weight excluding hydrogens is 403 g/mol. The topological polar surface area (TPSA) is 49.4 Å². The van der Waals surface area contributed by atoms with E-state index in [9.17, 15) is 14.0 Å². The molecule has 1 heterocycles. The Morgan fingerprint density at radius 2 is 1.62 bits per heavy atom. The maximum Gasteiger partial charge on any atom is 0.254 e. The van der Waals surface area contributed by atoms with Crippen molar-refractivity contribution in [3.05, 3.63) is 106 Å². The third-order valence-corrected chi connectivity index (χ3v) is 6.20. The first-order valence-electron chi connectivity index (χ1n) is 10.9. The summed E-state index contributed by atoms with van der Waals surface area (Å²) in [6.07, 6.45) is 0. The van der Waals surface area contributed by atoms with Crippen LogP contribution in [0.1, 0.15) is 38.5 Å². The lowest BCUT2D eigenvalue weighted by Gasteiger charge is -2.18. The van der Waals surface area contributed by atoms with Gasteiger partial charge in [-0.1, -0.05) is 60.2 Å². The molecule has 164 valence electrons. The van der Waals surface area contributed by atoms with Gasteiger partial charge in [0.1, 0.15) is 5.82 Å². The zero-order valence-electron chi connectivity index (χ0n) is 18.3. The Morgan fingerprint density at radius 1 is 0.938 bits per heavy atom. The normalized spacial score (nSPS) is 17.9. The Kier molecular flexibility index (Phi) is 6.35. The summed E-state index contributed by atoms with van der Waals surface area (Å²) < 4.78 is 13.2. The van der Waals surface area contributed by atoms with E-state index >= 15 is 0 Å². The zero-order chi connectivity index (χ0) is 22.7. The number of aryl methyl sites for hydroxylation is 2. The molecule has 0 radical (unpaired) electrons. The van der Waals surface area contributed by atoms with Crippen molar-refractivity contribution in [2.45, 2.75) is 26.3 Å². The van der Waals surface area contributed by atoms with E-state index in [1.807, 2.05) is 62.4 Å². The van der Waals surface area contributed by atoms with Crippen molar-refractivity contribution in [1.82, 2.24) is 10.2 Å². The van der Waals surface area contributed by atoms with Crippen molar-refractivity contribution in [2.75, 3.05) is 13.1 Å². The van der Waals surface area contributed by atoms with Crippen LogP contribution in [0.5, 0.6) is 0 Å². The molecular formula is C27H27FN2O2. The number of rotatable bonds is 5. The minimum atomic E-state index is -0.355. The fourth-order valence-corrected chi connectivity index (χ4v) is 4.29. The summed E-state index contributed by atoms with van der Waals surface area (Å²) in [7, 11) is 0. The molecule has 0 bridgehead atoms. The molecule has 0 saturated carbocycles. The van der Waals surface area contributed by atoms with Crippen molar-refractivity contribution >= 4 is 11.8 Å². The van der Waals surface area contributed by atoms with Crippen LogP contribution in [0.25, 0.3) is 0 Å². The number of nitrogens with one attached hydrogen (secondary N) is 1. The number of amides is 2. The lowest BCUT2D eigenvalue weighted by atomic mass is 9.88. The van der Waals surface area contributed by atoms with Gasteiger partial charge in [-0.25, -0.2) is 4.39 Å². The second-order valence-electron chi connectivity index (χ2n) is 8.49. The predicted molar refractivity (Wildman–Crippen MR) is 123 cm³/mol. The molecule has 0 spiro atoms. The van der Waals surface area contributed by atoms with Gasteiger partial charge in [0, 0.05) is 31.1 Å². The largest absolute Gasteiger partial charge is 0.352 e. The van der Waals surface area contributed by atoms with Gasteiger partial charge < -0.3 is 10.2 Å². The Morgan fingerprint density at radius 3 is 2.31 bits per heavy atom. The molecule has 0 unspecified atom stereocenters. The van der Waals surface area contributed by atoms with Crippen LogP contribution in [0.3, 0.4) is 0 Å². The van der Waals surface area contributed by atoms with Crippen LogP contribution in [0.15, 0.2) is 72.8 Å². The van der Waals surface area contributed by atoms with Crippen LogP contribution in [0.2, 0.25) is 0 Å². The number of likely N-dealkylation sites (tertiary alicyclic amines) is 1. The van der Waals surface area contributed by atoms with Crippen molar-refractivity contribution in [1.29, 1.82) is 0 Å². The second kappa shape index (κ2) is 9.35. The molecule has 4 nitrogen and oxygen atoms in total. The second-order valence-corrected chi connectivity index (χ2v) is 8.49. The summed E-state index contributed by atoms with van der Waals surface area (Å²) >= 11 is 0. The number of nitrogens with zero attached hydrogens (tertiary/aromatic N) is 1. The van der Waals surface area contributed by atoms with Gasteiger partial charge in [-0.3, -0.25) is 9.59 Å². The van der Waals surface area contributed by atoms with Gasteiger partial charge in [0.15, 0.2) is 0 Å². The molecule has 2 atom stereocenters. The minimum Gasteiger partial charge on any atom is -0.352 e. The number of carbonyl (C=O) groups excluding carboxylic acids is 2. The summed E-state index contributed by atoms with van der Waals surface area (Å²) in [5.41, 5.74) is 4.63. The Bertz CT molecular complexity index is 1110. The molecule has 0 aliphatic carbocycles. The molecule has 1 fully saturated rings. The van der Waals surface area contributed by atoms with E-state index in [-0.39, 0.29) is 29.5 Å². The first-order valence-corrected chi connectivity index (χ1v) is 10.9.